The molecular formula is C42H64O7Si. The van der Waals surface area contributed by atoms with E-state index in [1.165, 1.54) is 51.4 Å². The van der Waals surface area contributed by atoms with Gasteiger partial charge in [-0.1, -0.05) is 158 Å². The normalized spacial score (nSPS) is 15.6. The van der Waals surface area contributed by atoms with Crippen LogP contribution in [0.3, 0.4) is 0 Å². The molecule has 0 saturated carbocycles. The molecule has 1 aliphatic heterocycles. The first-order valence-electron chi connectivity index (χ1n) is 19.1. The molecule has 0 aliphatic carbocycles. The summed E-state index contributed by atoms with van der Waals surface area (Å²) in [6, 6.07) is 19.8. The summed E-state index contributed by atoms with van der Waals surface area (Å²) in [5.74, 6) is -0.538. The Morgan fingerprint density at radius 2 is 1.20 bits per heavy atom. The van der Waals surface area contributed by atoms with Gasteiger partial charge in [-0.15, -0.1) is 0 Å². The Morgan fingerprint density at radius 1 is 0.740 bits per heavy atom. The zero-order valence-electron chi connectivity index (χ0n) is 31.6. The van der Waals surface area contributed by atoms with Gasteiger partial charge in [-0.3, -0.25) is 4.79 Å². The van der Waals surface area contributed by atoms with Crippen molar-refractivity contribution in [3.05, 3.63) is 83.3 Å². The molecule has 0 saturated heterocycles. The lowest BCUT2D eigenvalue weighted by atomic mass is 9.94. The van der Waals surface area contributed by atoms with Crippen LogP contribution in [0.2, 0.25) is 18.1 Å². The smallest absolute Gasteiger partial charge is 0.378 e. The maximum absolute atomic E-state index is 13.4. The molecule has 2 atom stereocenters. The number of rotatable bonds is 26. The van der Waals surface area contributed by atoms with Gasteiger partial charge in [-0.05, 0) is 42.1 Å². The Bertz CT molecular complexity index is 1290. The van der Waals surface area contributed by atoms with Crippen molar-refractivity contribution in [1.29, 1.82) is 0 Å². The third-order valence-corrected chi connectivity index (χ3v) is 14.7. The zero-order valence-corrected chi connectivity index (χ0v) is 32.6. The first-order chi connectivity index (χ1) is 24.0. The van der Waals surface area contributed by atoms with E-state index in [9.17, 15) is 9.59 Å². The lowest BCUT2D eigenvalue weighted by Gasteiger charge is -2.38. The maximum Gasteiger partial charge on any atom is 0.378 e. The Hall–Kier alpha value is -3.10. The van der Waals surface area contributed by atoms with E-state index >= 15 is 0 Å². The van der Waals surface area contributed by atoms with Crippen LogP contribution in [0.15, 0.2) is 72.2 Å². The van der Waals surface area contributed by atoms with E-state index in [-0.39, 0.29) is 23.3 Å². The Morgan fingerprint density at radius 3 is 1.68 bits per heavy atom. The molecule has 2 aromatic rings. The summed E-state index contributed by atoms with van der Waals surface area (Å²) in [7, 11) is -2.05. The van der Waals surface area contributed by atoms with Crippen molar-refractivity contribution < 1.29 is 33.3 Å². The Kier molecular flexibility index (Phi) is 18.2. The highest BCUT2D eigenvalue weighted by Crippen LogP contribution is 2.39. The minimum Gasteiger partial charge on any atom is -0.485 e. The van der Waals surface area contributed by atoms with Crippen molar-refractivity contribution in [2.75, 3.05) is 6.61 Å². The molecule has 0 aromatic heterocycles. The highest BCUT2D eigenvalue weighted by atomic mass is 28.4. The van der Waals surface area contributed by atoms with Gasteiger partial charge in [0, 0.05) is 18.9 Å². The summed E-state index contributed by atoms with van der Waals surface area (Å²) in [6.45, 7) is 12.4. The first kappa shape index (κ1) is 41.3. The maximum atomic E-state index is 13.4. The van der Waals surface area contributed by atoms with E-state index in [2.05, 4.69) is 33.9 Å². The number of cyclic esters (lactones) is 1. The highest BCUT2D eigenvalue weighted by Gasteiger charge is 2.44. The van der Waals surface area contributed by atoms with E-state index in [4.69, 9.17) is 23.7 Å². The van der Waals surface area contributed by atoms with Crippen molar-refractivity contribution in [3.8, 4) is 0 Å². The third-order valence-electron chi connectivity index (χ3n) is 10.2. The first-order valence-corrected chi connectivity index (χ1v) is 22.0. The molecule has 0 amide bonds. The number of carboxylic acid groups (broad SMARTS) is 1. The summed E-state index contributed by atoms with van der Waals surface area (Å²) in [5, 5.41) is 8.81. The van der Waals surface area contributed by atoms with Gasteiger partial charge in [0.15, 0.2) is 20.2 Å². The molecule has 278 valence electrons. The number of benzene rings is 2. The van der Waals surface area contributed by atoms with Gasteiger partial charge < -0.3 is 23.7 Å². The largest absolute Gasteiger partial charge is 0.485 e. The van der Waals surface area contributed by atoms with E-state index in [0.29, 0.717) is 25.4 Å². The Labute approximate surface area is 303 Å². The van der Waals surface area contributed by atoms with Crippen molar-refractivity contribution in [3.63, 3.8) is 0 Å². The topological polar surface area (TPSA) is 91.3 Å². The molecular weight excluding hydrogens is 645 g/mol. The number of unbranched alkanes of at least 4 members (excludes halogenated alkanes) is 12. The fourth-order valence-electron chi connectivity index (χ4n) is 5.99. The van der Waals surface area contributed by atoms with Crippen molar-refractivity contribution in [2.24, 2.45) is 5.92 Å². The molecule has 0 radical (unpaired) electrons. The predicted molar refractivity (Wildman–Crippen MR) is 203 cm³/mol. The minimum atomic E-state index is -2.05. The van der Waals surface area contributed by atoms with Gasteiger partial charge in [0.1, 0.15) is 13.2 Å². The molecule has 0 bridgehead atoms. The molecule has 0 fully saturated rings. The van der Waals surface area contributed by atoms with Gasteiger partial charge in [-0.2, -0.15) is 0 Å². The molecule has 7 nitrogen and oxygen atoms in total. The lowest BCUT2D eigenvalue weighted by Crippen LogP contribution is -2.43. The van der Waals surface area contributed by atoms with Gasteiger partial charge >= 0.3 is 11.9 Å². The predicted octanol–water partition coefficient (Wildman–Crippen LogP) is 11.1. The van der Waals surface area contributed by atoms with E-state index in [1.807, 2.05) is 60.7 Å². The van der Waals surface area contributed by atoms with Crippen LogP contribution in [0.25, 0.3) is 0 Å². The van der Waals surface area contributed by atoms with Crippen molar-refractivity contribution >= 4 is 20.3 Å². The molecule has 2 aromatic carbocycles. The number of esters is 1. The molecule has 3 rings (SSSR count). The summed E-state index contributed by atoms with van der Waals surface area (Å²) >= 11 is 0. The SMILES string of the molecule is CC(C)(C)[Si](C)(C)OC[C@H](CCCCCCCCCCCCCCCC(=O)O)[C@H]1OC(=O)C(OCc2ccccc2)=C1OCc1ccccc1. The summed E-state index contributed by atoms with van der Waals surface area (Å²) in [6.07, 6.45) is 15.8. The summed E-state index contributed by atoms with van der Waals surface area (Å²) in [5.41, 5.74) is 1.99. The monoisotopic (exact) mass is 708 g/mol. The minimum absolute atomic E-state index is 0.0409. The summed E-state index contributed by atoms with van der Waals surface area (Å²) in [4.78, 5) is 24.0. The molecule has 1 heterocycles. The van der Waals surface area contributed by atoms with Crippen molar-refractivity contribution in [2.45, 2.75) is 155 Å². The van der Waals surface area contributed by atoms with Crippen LogP contribution in [-0.2, 0) is 41.4 Å². The van der Waals surface area contributed by atoms with Gasteiger partial charge in [0.2, 0.25) is 5.76 Å². The van der Waals surface area contributed by atoms with Crippen LogP contribution in [0.1, 0.15) is 128 Å². The van der Waals surface area contributed by atoms with Crippen LogP contribution in [-0.4, -0.2) is 38.1 Å². The second-order valence-electron chi connectivity index (χ2n) is 15.4. The third kappa shape index (κ3) is 15.0. The van der Waals surface area contributed by atoms with Crippen LogP contribution >= 0.6 is 0 Å². The van der Waals surface area contributed by atoms with Crippen LogP contribution < -0.4 is 0 Å². The average Bonchev–Trinajstić information content (AvgIpc) is 3.40. The van der Waals surface area contributed by atoms with Crippen LogP contribution in [0.5, 0.6) is 0 Å². The zero-order chi connectivity index (χ0) is 36.2. The van der Waals surface area contributed by atoms with E-state index in [0.717, 1.165) is 49.7 Å². The molecule has 8 heteroatoms. The molecule has 0 unspecified atom stereocenters. The summed E-state index contributed by atoms with van der Waals surface area (Å²) < 4.78 is 25.4. The molecule has 50 heavy (non-hydrogen) atoms. The standard InChI is InChI=1S/C42H64O7Si/c1-42(2,3)50(4,5)48-33-36(29-23-15-13-11-9-7-6-8-10-12-14-16-24-30-37(43)44)38-39(46-31-34-25-19-17-20-26-34)40(41(45)49-38)47-32-35-27-21-18-22-28-35/h17-22,25-28,36,38H,6-16,23-24,29-33H2,1-5H3,(H,43,44)/t36-,38+/m0/s1. The fraction of sp³-hybridized carbons (Fsp3) is 0.619. The fourth-order valence-corrected chi connectivity index (χ4v) is 7.05. The average molecular weight is 709 g/mol. The number of ether oxygens (including phenoxy) is 3. The molecule has 0 spiro atoms. The second-order valence-corrected chi connectivity index (χ2v) is 20.2. The molecule has 1 N–H and O–H groups in total. The van der Waals surface area contributed by atoms with E-state index in [1.54, 1.807) is 0 Å². The number of hydrogen-bond donors (Lipinski definition) is 1. The van der Waals surface area contributed by atoms with Gasteiger partial charge in [0.05, 0.1) is 0 Å². The number of carbonyl (C=O) groups excluding carboxylic acids is 1. The molecule has 1 aliphatic rings. The van der Waals surface area contributed by atoms with Gasteiger partial charge in [-0.25, -0.2) is 4.79 Å². The Balaban J connectivity index is 1.57. The quantitative estimate of drug-likeness (QED) is 0.0591. The number of aliphatic carboxylic acids is 1. The van der Waals surface area contributed by atoms with Gasteiger partial charge in [0.25, 0.3) is 0 Å². The lowest BCUT2D eigenvalue weighted by molar-refractivity contribution is -0.146. The number of carboxylic acids is 1. The highest BCUT2D eigenvalue weighted by molar-refractivity contribution is 6.74. The van der Waals surface area contributed by atoms with Crippen LogP contribution in [0.4, 0.5) is 0 Å². The number of hydrogen-bond acceptors (Lipinski definition) is 6. The van der Waals surface area contributed by atoms with Crippen LogP contribution in [0, 0.1) is 5.92 Å². The van der Waals surface area contributed by atoms with E-state index < -0.39 is 26.4 Å². The van der Waals surface area contributed by atoms with Crippen molar-refractivity contribution in [1.82, 2.24) is 0 Å². The number of carbonyl (C=O) groups is 2. The second kappa shape index (κ2) is 22.0.